The van der Waals surface area contributed by atoms with Crippen molar-refractivity contribution < 1.29 is 18.0 Å². The predicted molar refractivity (Wildman–Crippen MR) is 112 cm³/mol. The Bertz CT molecular complexity index is 1070. The fraction of sp³-hybridized carbons (Fsp3) is 0.227. The van der Waals surface area contributed by atoms with Crippen molar-refractivity contribution in [2.75, 3.05) is 11.1 Å². The summed E-state index contributed by atoms with van der Waals surface area (Å²) in [5.74, 6) is -0.456. The Kier molecular flexibility index (Phi) is 6.45. The van der Waals surface area contributed by atoms with Gasteiger partial charge in [-0.2, -0.15) is 13.2 Å². The highest BCUT2D eigenvalue weighted by Gasteiger charge is 2.34. The van der Waals surface area contributed by atoms with E-state index in [0.29, 0.717) is 11.3 Å². The van der Waals surface area contributed by atoms with E-state index < -0.39 is 11.9 Å². The zero-order valence-corrected chi connectivity index (χ0v) is 17.5. The fourth-order valence-corrected chi connectivity index (χ4v) is 3.31. The average Bonchev–Trinajstić information content (AvgIpc) is 2.69. The average molecular weight is 431 g/mol. The van der Waals surface area contributed by atoms with Gasteiger partial charge in [-0.1, -0.05) is 47.7 Å². The summed E-state index contributed by atoms with van der Waals surface area (Å²) >= 11 is 0.863. The van der Waals surface area contributed by atoms with Gasteiger partial charge in [0.05, 0.1) is 11.4 Å². The molecular formula is C22H20F3N3OS. The van der Waals surface area contributed by atoms with E-state index in [0.717, 1.165) is 34.5 Å². The second-order valence-corrected chi connectivity index (χ2v) is 7.86. The predicted octanol–water partition coefficient (Wildman–Crippen LogP) is 5.82. The molecule has 1 heterocycles. The summed E-state index contributed by atoms with van der Waals surface area (Å²) in [5, 5.41) is 2.64. The zero-order valence-electron chi connectivity index (χ0n) is 16.7. The van der Waals surface area contributed by atoms with Crippen LogP contribution in [0.5, 0.6) is 0 Å². The van der Waals surface area contributed by atoms with Crippen molar-refractivity contribution >= 4 is 23.4 Å². The van der Waals surface area contributed by atoms with Crippen LogP contribution in [-0.2, 0) is 11.0 Å². The molecule has 8 heteroatoms. The monoisotopic (exact) mass is 431 g/mol. The number of aromatic nitrogens is 2. The van der Waals surface area contributed by atoms with Crippen molar-refractivity contribution in [1.29, 1.82) is 0 Å². The van der Waals surface area contributed by atoms with E-state index in [9.17, 15) is 18.0 Å². The maximum absolute atomic E-state index is 13.3. The third kappa shape index (κ3) is 5.60. The van der Waals surface area contributed by atoms with Gasteiger partial charge in [0.2, 0.25) is 5.91 Å². The molecule has 2 aromatic carbocycles. The molecule has 0 unspecified atom stereocenters. The minimum Gasteiger partial charge on any atom is -0.325 e. The van der Waals surface area contributed by atoms with Crippen LogP contribution in [0.25, 0.3) is 11.3 Å². The molecule has 1 N–H and O–H groups in total. The topological polar surface area (TPSA) is 54.9 Å². The quantitative estimate of drug-likeness (QED) is 0.409. The van der Waals surface area contributed by atoms with Crippen LogP contribution >= 0.6 is 11.8 Å². The second-order valence-electron chi connectivity index (χ2n) is 6.92. The highest BCUT2D eigenvalue weighted by molar-refractivity contribution is 7.99. The van der Waals surface area contributed by atoms with Crippen LogP contribution in [0, 0.1) is 20.8 Å². The van der Waals surface area contributed by atoms with Crippen LogP contribution in [0.3, 0.4) is 0 Å². The number of hydrogen-bond donors (Lipinski definition) is 1. The van der Waals surface area contributed by atoms with Crippen molar-refractivity contribution in [3.8, 4) is 11.3 Å². The molecule has 0 spiro atoms. The van der Waals surface area contributed by atoms with Gasteiger partial charge in [-0.15, -0.1) is 0 Å². The summed E-state index contributed by atoms with van der Waals surface area (Å²) < 4.78 is 39.9. The first-order valence-electron chi connectivity index (χ1n) is 9.15. The number of halogens is 3. The van der Waals surface area contributed by atoms with Crippen molar-refractivity contribution in [1.82, 2.24) is 9.97 Å². The smallest absolute Gasteiger partial charge is 0.325 e. The highest BCUT2D eigenvalue weighted by Crippen LogP contribution is 2.32. The van der Waals surface area contributed by atoms with Crippen molar-refractivity contribution in [3.63, 3.8) is 0 Å². The number of nitrogens with one attached hydrogen (secondary N) is 1. The van der Waals surface area contributed by atoms with Gasteiger partial charge in [0.1, 0.15) is 5.69 Å². The molecule has 1 amide bonds. The second kappa shape index (κ2) is 8.87. The number of carbonyl (C=O) groups excluding carboxylic acids is 1. The molecule has 3 aromatic rings. The summed E-state index contributed by atoms with van der Waals surface area (Å²) in [7, 11) is 0. The first-order chi connectivity index (χ1) is 14.1. The summed E-state index contributed by atoms with van der Waals surface area (Å²) in [6.45, 7) is 5.79. The number of rotatable bonds is 5. The Hall–Kier alpha value is -2.87. The molecule has 30 heavy (non-hydrogen) atoms. The largest absolute Gasteiger partial charge is 0.433 e. The minimum absolute atomic E-state index is 0.101. The zero-order chi connectivity index (χ0) is 21.9. The maximum atomic E-state index is 13.3. The summed E-state index contributed by atoms with van der Waals surface area (Å²) in [6.07, 6.45) is -4.61. The molecule has 0 atom stereocenters. The normalized spacial score (nSPS) is 11.4. The lowest BCUT2D eigenvalue weighted by atomic mass is 10.1. The van der Waals surface area contributed by atoms with E-state index in [1.807, 2.05) is 32.9 Å². The number of nitrogens with zero attached hydrogens (tertiary/aromatic N) is 2. The molecule has 0 saturated carbocycles. The van der Waals surface area contributed by atoms with Crippen LogP contribution in [0.15, 0.2) is 53.7 Å². The molecular weight excluding hydrogens is 411 g/mol. The van der Waals surface area contributed by atoms with E-state index in [1.165, 1.54) is 0 Å². The third-order valence-corrected chi connectivity index (χ3v) is 5.31. The van der Waals surface area contributed by atoms with Crippen LogP contribution in [0.1, 0.15) is 22.4 Å². The van der Waals surface area contributed by atoms with Gasteiger partial charge in [-0.25, -0.2) is 9.97 Å². The molecule has 0 radical (unpaired) electrons. The first kappa shape index (κ1) is 21.8. The van der Waals surface area contributed by atoms with Crippen LogP contribution < -0.4 is 5.32 Å². The number of benzene rings is 2. The Balaban J connectivity index is 1.78. The fourth-order valence-electron chi connectivity index (χ4n) is 2.65. The number of alkyl halides is 3. The standard InChI is InChI=1S/C22H20F3N3OS/c1-13-4-7-16(8-5-13)18-11-19(22(23,24)25)28-21(27-18)30-12-20(29)26-17-9-6-14(2)15(3)10-17/h4-11H,12H2,1-3H3,(H,26,29). The Labute approximate surface area is 177 Å². The molecule has 0 saturated heterocycles. The first-order valence-corrected chi connectivity index (χ1v) is 10.1. The number of hydrogen-bond acceptors (Lipinski definition) is 4. The lowest BCUT2D eigenvalue weighted by molar-refractivity contribution is -0.141. The maximum Gasteiger partial charge on any atom is 0.433 e. The van der Waals surface area contributed by atoms with Gasteiger partial charge in [0, 0.05) is 11.3 Å². The lowest BCUT2D eigenvalue weighted by Gasteiger charge is -2.11. The Morgan fingerprint density at radius 1 is 0.967 bits per heavy atom. The Morgan fingerprint density at radius 3 is 2.30 bits per heavy atom. The van der Waals surface area contributed by atoms with Crippen LogP contribution in [0.4, 0.5) is 18.9 Å². The van der Waals surface area contributed by atoms with Gasteiger partial charge in [-0.05, 0) is 50.1 Å². The van der Waals surface area contributed by atoms with E-state index in [2.05, 4.69) is 15.3 Å². The van der Waals surface area contributed by atoms with E-state index >= 15 is 0 Å². The lowest BCUT2D eigenvalue weighted by Crippen LogP contribution is -2.15. The molecule has 0 aliphatic heterocycles. The molecule has 3 rings (SSSR count). The molecule has 0 aliphatic rings. The number of aryl methyl sites for hydroxylation is 3. The van der Waals surface area contributed by atoms with Gasteiger partial charge in [0.15, 0.2) is 5.16 Å². The molecule has 0 aliphatic carbocycles. The molecule has 4 nitrogen and oxygen atoms in total. The van der Waals surface area contributed by atoms with Crippen molar-refractivity contribution in [3.05, 3.63) is 70.9 Å². The number of anilines is 1. The molecule has 0 bridgehead atoms. The number of thioether (sulfide) groups is 1. The minimum atomic E-state index is -4.61. The van der Waals surface area contributed by atoms with Crippen LogP contribution in [-0.4, -0.2) is 21.6 Å². The molecule has 0 fully saturated rings. The molecule has 1 aromatic heterocycles. The third-order valence-electron chi connectivity index (χ3n) is 4.47. The van der Waals surface area contributed by atoms with E-state index in [4.69, 9.17) is 0 Å². The summed E-state index contributed by atoms with van der Waals surface area (Å²) in [6, 6.07) is 13.4. The van der Waals surface area contributed by atoms with Gasteiger partial charge < -0.3 is 5.32 Å². The summed E-state index contributed by atoms with van der Waals surface area (Å²) in [5.41, 5.74) is 3.43. The summed E-state index contributed by atoms with van der Waals surface area (Å²) in [4.78, 5) is 20.1. The van der Waals surface area contributed by atoms with Crippen molar-refractivity contribution in [2.45, 2.75) is 32.1 Å². The van der Waals surface area contributed by atoms with Gasteiger partial charge in [-0.3, -0.25) is 4.79 Å². The van der Waals surface area contributed by atoms with Gasteiger partial charge in [0.25, 0.3) is 0 Å². The molecule has 156 valence electrons. The van der Waals surface area contributed by atoms with E-state index in [-0.39, 0.29) is 22.5 Å². The number of carbonyl (C=O) groups is 1. The SMILES string of the molecule is Cc1ccc(-c2cc(C(F)(F)F)nc(SCC(=O)Nc3ccc(C)c(C)c3)n2)cc1. The van der Waals surface area contributed by atoms with Gasteiger partial charge >= 0.3 is 6.18 Å². The highest BCUT2D eigenvalue weighted by atomic mass is 32.2. The Morgan fingerprint density at radius 2 is 1.67 bits per heavy atom. The number of amides is 1. The van der Waals surface area contributed by atoms with E-state index in [1.54, 1.807) is 30.3 Å². The van der Waals surface area contributed by atoms with Crippen molar-refractivity contribution in [2.24, 2.45) is 0 Å². The van der Waals surface area contributed by atoms with Crippen LogP contribution in [0.2, 0.25) is 0 Å².